The Hall–Kier alpha value is -3.85. The van der Waals surface area contributed by atoms with Gasteiger partial charge in [0.05, 0.1) is 35.6 Å². The lowest BCUT2D eigenvalue weighted by molar-refractivity contribution is 0.415. The molecular weight excluding hydrogens is 350 g/mol. The number of aromatic amines is 1. The van der Waals surface area contributed by atoms with Gasteiger partial charge in [0.15, 0.2) is 0 Å². The summed E-state index contributed by atoms with van der Waals surface area (Å²) in [4.78, 5) is 12.0. The van der Waals surface area contributed by atoms with Gasteiger partial charge < -0.3 is 14.3 Å². The number of rotatable bonds is 4. The molecule has 0 radical (unpaired) electrons. The zero-order chi connectivity index (χ0) is 19.7. The summed E-state index contributed by atoms with van der Waals surface area (Å²) in [5, 5.41) is 9.73. The van der Waals surface area contributed by atoms with E-state index in [1.165, 1.54) is 0 Å². The topological polar surface area (TPSA) is 79.5 Å². The number of ether oxygens (including phenoxy) is 1. The van der Waals surface area contributed by atoms with Gasteiger partial charge in [0.2, 0.25) is 0 Å². The minimum atomic E-state index is 0.474. The molecule has 3 heterocycles. The Kier molecular flexibility index (Phi) is 4.42. The second-order valence-corrected chi connectivity index (χ2v) is 6.51. The lowest BCUT2D eigenvalue weighted by atomic mass is 10.1. The highest BCUT2D eigenvalue weighted by Gasteiger charge is 2.13. The zero-order valence-corrected chi connectivity index (χ0v) is 15.9. The predicted octanol–water partition coefficient (Wildman–Crippen LogP) is 4.44. The highest BCUT2D eigenvalue weighted by molar-refractivity contribution is 5.91. The molecule has 4 rings (SSSR count). The normalized spacial score (nSPS) is 11.6. The quantitative estimate of drug-likeness (QED) is 0.539. The number of imidazole rings is 1. The molecule has 0 unspecified atom stereocenters. The van der Waals surface area contributed by atoms with Crippen molar-refractivity contribution in [1.29, 1.82) is 5.26 Å². The molecule has 0 aliphatic carbocycles. The first-order valence-electron chi connectivity index (χ1n) is 8.86. The van der Waals surface area contributed by atoms with Crippen molar-refractivity contribution in [3.8, 4) is 17.5 Å². The number of methoxy groups -OCH3 is 1. The first-order chi connectivity index (χ1) is 13.6. The molecule has 0 saturated carbocycles. The maximum Gasteiger partial charge on any atom is 0.149 e. The van der Waals surface area contributed by atoms with Crippen molar-refractivity contribution in [2.45, 2.75) is 13.8 Å². The zero-order valence-electron chi connectivity index (χ0n) is 15.9. The second kappa shape index (κ2) is 7.05. The van der Waals surface area contributed by atoms with Crippen LogP contribution >= 0.6 is 0 Å². The summed E-state index contributed by atoms with van der Waals surface area (Å²) in [6.07, 6.45) is 5.44. The van der Waals surface area contributed by atoms with Gasteiger partial charge in [-0.25, -0.2) is 4.98 Å². The molecule has 6 heteroatoms. The first kappa shape index (κ1) is 17.6. The Bertz CT molecular complexity index is 1230. The summed E-state index contributed by atoms with van der Waals surface area (Å²) >= 11 is 0. The molecule has 6 nitrogen and oxygen atoms in total. The minimum Gasteiger partial charge on any atom is -0.497 e. The van der Waals surface area contributed by atoms with Crippen molar-refractivity contribution in [1.82, 2.24) is 19.5 Å². The SMILES string of the molecule is COc1ccc2nc(/C(C#N)=C\c3cc(C)n(-c4cccnc4)c3C)[nH]c2c1. The standard InChI is InChI=1S/C22H19N5O/c1-14-9-16(15(2)27(14)18-5-4-8-24-13-18)10-17(12-23)22-25-20-7-6-19(28-3)11-21(20)26-22/h4-11,13H,1-3H3,(H,25,26)/b17-10-. The predicted molar refractivity (Wildman–Crippen MR) is 109 cm³/mol. The molecule has 28 heavy (non-hydrogen) atoms. The van der Waals surface area contributed by atoms with E-state index in [0.29, 0.717) is 11.4 Å². The number of allylic oxidation sites excluding steroid dienone is 1. The van der Waals surface area contributed by atoms with Crippen molar-refractivity contribution in [3.05, 3.63) is 71.6 Å². The van der Waals surface area contributed by atoms with E-state index in [1.807, 2.05) is 56.5 Å². The smallest absolute Gasteiger partial charge is 0.149 e. The molecule has 4 aromatic rings. The van der Waals surface area contributed by atoms with Crippen LogP contribution in [-0.4, -0.2) is 26.6 Å². The third-order valence-corrected chi connectivity index (χ3v) is 4.74. The van der Waals surface area contributed by atoms with Crippen molar-refractivity contribution in [2.75, 3.05) is 7.11 Å². The average Bonchev–Trinajstić information content (AvgIpc) is 3.26. The van der Waals surface area contributed by atoms with Gasteiger partial charge >= 0.3 is 0 Å². The van der Waals surface area contributed by atoms with E-state index in [9.17, 15) is 5.26 Å². The van der Waals surface area contributed by atoms with E-state index >= 15 is 0 Å². The number of nitriles is 1. The maximum atomic E-state index is 9.73. The average molecular weight is 369 g/mol. The Morgan fingerprint density at radius 3 is 2.82 bits per heavy atom. The maximum absolute atomic E-state index is 9.73. The van der Waals surface area contributed by atoms with Gasteiger partial charge in [-0.15, -0.1) is 0 Å². The van der Waals surface area contributed by atoms with Crippen LogP contribution in [-0.2, 0) is 0 Å². The number of nitrogens with zero attached hydrogens (tertiary/aromatic N) is 4. The fourth-order valence-corrected chi connectivity index (χ4v) is 3.37. The summed E-state index contributed by atoms with van der Waals surface area (Å²) in [5.74, 6) is 1.28. The fourth-order valence-electron chi connectivity index (χ4n) is 3.37. The number of fused-ring (bicyclic) bond motifs is 1. The van der Waals surface area contributed by atoms with E-state index in [1.54, 1.807) is 13.3 Å². The molecule has 0 amide bonds. The van der Waals surface area contributed by atoms with Crippen LogP contribution in [0.4, 0.5) is 0 Å². The molecule has 3 aromatic heterocycles. The van der Waals surface area contributed by atoms with Crippen LogP contribution in [0.5, 0.6) is 5.75 Å². The summed E-state index contributed by atoms with van der Waals surface area (Å²) in [6, 6.07) is 13.8. The number of hydrogen-bond acceptors (Lipinski definition) is 4. The van der Waals surface area contributed by atoms with Crippen molar-refractivity contribution in [2.24, 2.45) is 0 Å². The van der Waals surface area contributed by atoms with E-state index in [4.69, 9.17) is 4.74 Å². The van der Waals surface area contributed by atoms with Crippen molar-refractivity contribution >= 4 is 22.7 Å². The molecule has 0 bridgehead atoms. The first-order valence-corrected chi connectivity index (χ1v) is 8.86. The number of aryl methyl sites for hydroxylation is 1. The molecule has 0 aliphatic rings. The molecule has 0 aliphatic heterocycles. The van der Waals surface area contributed by atoms with Crippen LogP contribution < -0.4 is 4.74 Å². The second-order valence-electron chi connectivity index (χ2n) is 6.51. The number of aromatic nitrogens is 4. The summed E-state index contributed by atoms with van der Waals surface area (Å²) in [5.41, 5.74) is 6.16. The van der Waals surface area contributed by atoms with Gasteiger partial charge in [-0.2, -0.15) is 5.26 Å². The van der Waals surface area contributed by atoms with Gasteiger partial charge in [0.25, 0.3) is 0 Å². The number of pyridine rings is 1. The molecule has 1 aromatic carbocycles. The van der Waals surface area contributed by atoms with Crippen molar-refractivity contribution in [3.63, 3.8) is 0 Å². The molecule has 0 fully saturated rings. The van der Waals surface area contributed by atoms with Gasteiger partial charge in [-0.3, -0.25) is 4.98 Å². The van der Waals surface area contributed by atoms with Gasteiger partial charge in [-0.05, 0) is 55.8 Å². The van der Waals surface area contributed by atoms with E-state index in [0.717, 1.165) is 39.4 Å². The molecule has 0 spiro atoms. The van der Waals surface area contributed by atoms with Crippen LogP contribution in [0.3, 0.4) is 0 Å². The Balaban J connectivity index is 1.78. The summed E-state index contributed by atoms with van der Waals surface area (Å²) in [6.45, 7) is 4.07. The van der Waals surface area contributed by atoms with Gasteiger partial charge in [0, 0.05) is 23.7 Å². The Morgan fingerprint density at radius 1 is 1.25 bits per heavy atom. The highest BCUT2D eigenvalue weighted by atomic mass is 16.5. The largest absolute Gasteiger partial charge is 0.497 e. The van der Waals surface area contributed by atoms with Crippen molar-refractivity contribution < 1.29 is 4.74 Å². The van der Waals surface area contributed by atoms with Crippen LogP contribution in [0.1, 0.15) is 22.8 Å². The number of H-pyrrole nitrogens is 1. The van der Waals surface area contributed by atoms with Gasteiger partial charge in [-0.1, -0.05) is 0 Å². The molecule has 138 valence electrons. The van der Waals surface area contributed by atoms with Gasteiger partial charge in [0.1, 0.15) is 17.6 Å². The molecule has 0 saturated heterocycles. The fraction of sp³-hybridized carbons (Fsp3) is 0.136. The lowest BCUT2D eigenvalue weighted by Crippen LogP contribution is -1.99. The highest BCUT2D eigenvalue weighted by Crippen LogP contribution is 2.26. The third kappa shape index (κ3) is 3.03. The minimum absolute atomic E-state index is 0.474. The number of nitrogens with one attached hydrogen (secondary N) is 1. The monoisotopic (exact) mass is 369 g/mol. The van der Waals surface area contributed by atoms with Crippen LogP contribution in [0.2, 0.25) is 0 Å². The number of benzene rings is 1. The van der Waals surface area contributed by atoms with E-state index < -0.39 is 0 Å². The third-order valence-electron chi connectivity index (χ3n) is 4.74. The Morgan fingerprint density at radius 2 is 2.11 bits per heavy atom. The Labute approximate surface area is 162 Å². The molecular formula is C22H19N5O. The van der Waals surface area contributed by atoms with Crippen LogP contribution in [0, 0.1) is 25.2 Å². The van der Waals surface area contributed by atoms with Crippen LogP contribution in [0.25, 0.3) is 28.4 Å². The number of hydrogen-bond donors (Lipinski definition) is 1. The summed E-state index contributed by atoms with van der Waals surface area (Å²) < 4.78 is 7.37. The lowest BCUT2D eigenvalue weighted by Gasteiger charge is -2.08. The summed E-state index contributed by atoms with van der Waals surface area (Å²) in [7, 11) is 1.62. The van der Waals surface area contributed by atoms with Crippen LogP contribution in [0.15, 0.2) is 48.8 Å². The molecule has 1 N–H and O–H groups in total. The molecule has 0 atom stereocenters. The van der Waals surface area contributed by atoms with E-state index in [-0.39, 0.29) is 0 Å². The van der Waals surface area contributed by atoms with E-state index in [2.05, 4.69) is 31.7 Å².